The van der Waals surface area contributed by atoms with Gasteiger partial charge >= 0.3 is 0 Å². The third-order valence-electron chi connectivity index (χ3n) is 2.47. The van der Waals surface area contributed by atoms with E-state index in [9.17, 15) is 0 Å². The normalized spacial score (nSPS) is 12.4. The van der Waals surface area contributed by atoms with Crippen molar-refractivity contribution in [3.63, 3.8) is 0 Å². The molecule has 1 atom stereocenters. The molecule has 0 aliphatic carbocycles. The predicted octanol–water partition coefficient (Wildman–Crippen LogP) is 3.20. The molecule has 0 radical (unpaired) electrons. The van der Waals surface area contributed by atoms with Gasteiger partial charge in [-0.1, -0.05) is 0 Å². The lowest BCUT2D eigenvalue weighted by atomic mass is 10.2. The molecule has 1 N–H and O–H groups in total. The van der Waals surface area contributed by atoms with Crippen LogP contribution in [-0.4, -0.2) is 16.0 Å². The van der Waals surface area contributed by atoms with Crippen LogP contribution >= 0.6 is 11.3 Å². The molecule has 2 rings (SSSR count). The molecule has 0 fully saturated rings. The Morgan fingerprint density at radius 2 is 2.12 bits per heavy atom. The molecule has 0 amide bonds. The van der Waals surface area contributed by atoms with Crippen molar-refractivity contribution in [1.82, 2.24) is 9.97 Å². The summed E-state index contributed by atoms with van der Waals surface area (Å²) in [5.74, 6) is 0.714. The van der Waals surface area contributed by atoms with E-state index in [2.05, 4.69) is 41.3 Å². The fourth-order valence-corrected chi connectivity index (χ4v) is 2.71. The summed E-state index contributed by atoms with van der Waals surface area (Å²) in [4.78, 5) is 11.3. The van der Waals surface area contributed by atoms with Crippen LogP contribution in [0.5, 0.6) is 0 Å². The van der Waals surface area contributed by atoms with Gasteiger partial charge in [0, 0.05) is 34.1 Å². The number of hydrogen-bond acceptors (Lipinski definition) is 4. The molecule has 90 valence electrons. The van der Waals surface area contributed by atoms with Crippen LogP contribution in [0.4, 0.5) is 5.95 Å². The molecule has 2 heterocycles. The van der Waals surface area contributed by atoms with Crippen LogP contribution in [0.3, 0.4) is 0 Å². The van der Waals surface area contributed by atoms with Crippen LogP contribution in [0.2, 0.25) is 0 Å². The lowest BCUT2D eigenvalue weighted by Gasteiger charge is -2.12. The lowest BCUT2D eigenvalue weighted by molar-refractivity contribution is 0.785. The van der Waals surface area contributed by atoms with E-state index in [1.54, 1.807) is 6.20 Å². The van der Waals surface area contributed by atoms with Gasteiger partial charge in [0.05, 0.1) is 0 Å². The topological polar surface area (TPSA) is 37.8 Å². The van der Waals surface area contributed by atoms with E-state index < -0.39 is 0 Å². The van der Waals surface area contributed by atoms with Crippen LogP contribution in [0.1, 0.15) is 22.4 Å². The van der Waals surface area contributed by atoms with Crippen LogP contribution in [0.25, 0.3) is 0 Å². The fraction of sp³-hybridized carbons (Fsp3) is 0.385. The number of thiophene rings is 1. The van der Waals surface area contributed by atoms with Crippen molar-refractivity contribution < 1.29 is 0 Å². The molecule has 17 heavy (non-hydrogen) atoms. The van der Waals surface area contributed by atoms with Crippen molar-refractivity contribution in [1.29, 1.82) is 0 Å². The zero-order valence-electron chi connectivity index (χ0n) is 10.4. The number of hydrogen-bond donors (Lipinski definition) is 1. The van der Waals surface area contributed by atoms with Crippen molar-refractivity contribution in [2.75, 3.05) is 5.32 Å². The Morgan fingerprint density at radius 3 is 2.76 bits per heavy atom. The SMILES string of the molecule is Cc1ccnc(NC(C)Cc2ccc(C)s2)n1. The van der Waals surface area contributed by atoms with Crippen LogP contribution in [-0.2, 0) is 6.42 Å². The third-order valence-corrected chi connectivity index (χ3v) is 3.50. The number of anilines is 1. The number of nitrogens with one attached hydrogen (secondary N) is 1. The highest BCUT2D eigenvalue weighted by atomic mass is 32.1. The van der Waals surface area contributed by atoms with Gasteiger partial charge in [-0.2, -0.15) is 0 Å². The van der Waals surface area contributed by atoms with Crippen LogP contribution < -0.4 is 5.32 Å². The van der Waals surface area contributed by atoms with Gasteiger partial charge in [-0.05, 0) is 39.0 Å². The molecular formula is C13H17N3S. The first kappa shape index (κ1) is 12.0. The molecule has 2 aromatic rings. The van der Waals surface area contributed by atoms with E-state index in [4.69, 9.17) is 0 Å². The Morgan fingerprint density at radius 1 is 1.29 bits per heavy atom. The third kappa shape index (κ3) is 3.53. The average Bonchev–Trinajstić information content (AvgIpc) is 2.63. The number of nitrogens with zero attached hydrogens (tertiary/aromatic N) is 2. The first-order valence-corrected chi connectivity index (χ1v) is 6.56. The quantitative estimate of drug-likeness (QED) is 0.901. The summed E-state index contributed by atoms with van der Waals surface area (Å²) in [6.07, 6.45) is 2.79. The van der Waals surface area contributed by atoms with Crippen molar-refractivity contribution in [2.24, 2.45) is 0 Å². The lowest BCUT2D eigenvalue weighted by Crippen LogP contribution is -2.19. The van der Waals surface area contributed by atoms with Crippen molar-refractivity contribution in [2.45, 2.75) is 33.2 Å². The molecule has 0 saturated carbocycles. The summed E-state index contributed by atoms with van der Waals surface area (Å²) >= 11 is 1.85. The first-order valence-electron chi connectivity index (χ1n) is 5.75. The Bertz CT molecular complexity index is 493. The minimum Gasteiger partial charge on any atom is -0.351 e. The highest BCUT2D eigenvalue weighted by Gasteiger charge is 2.06. The zero-order chi connectivity index (χ0) is 12.3. The van der Waals surface area contributed by atoms with E-state index in [1.165, 1.54) is 9.75 Å². The summed E-state index contributed by atoms with van der Waals surface area (Å²) in [6.45, 7) is 6.26. The molecule has 0 aliphatic heterocycles. The fourth-order valence-electron chi connectivity index (χ4n) is 1.69. The summed E-state index contributed by atoms with van der Waals surface area (Å²) in [5.41, 5.74) is 0.988. The Kier molecular flexibility index (Phi) is 3.74. The van der Waals surface area contributed by atoms with Gasteiger partial charge in [0.1, 0.15) is 0 Å². The highest BCUT2D eigenvalue weighted by molar-refractivity contribution is 7.11. The Balaban J connectivity index is 1.95. The van der Waals surface area contributed by atoms with E-state index in [-0.39, 0.29) is 0 Å². The molecular weight excluding hydrogens is 230 g/mol. The molecule has 2 aromatic heterocycles. The minimum atomic E-state index is 0.342. The summed E-state index contributed by atoms with van der Waals surface area (Å²) in [7, 11) is 0. The summed E-state index contributed by atoms with van der Waals surface area (Å²) < 4.78 is 0. The van der Waals surface area contributed by atoms with E-state index >= 15 is 0 Å². The molecule has 0 saturated heterocycles. The molecule has 1 unspecified atom stereocenters. The molecule has 0 bridgehead atoms. The summed E-state index contributed by atoms with van der Waals surface area (Å²) in [6, 6.07) is 6.60. The Labute approximate surface area is 106 Å². The molecule has 0 aliphatic rings. The van der Waals surface area contributed by atoms with Gasteiger partial charge < -0.3 is 5.32 Å². The van der Waals surface area contributed by atoms with E-state index in [0.717, 1.165) is 12.1 Å². The second-order valence-electron chi connectivity index (χ2n) is 4.28. The van der Waals surface area contributed by atoms with Crippen LogP contribution in [0, 0.1) is 13.8 Å². The molecule has 0 spiro atoms. The van der Waals surface area contributed by atoms with Gasteiger partial charge in [-0.15, -0.1) is 11.3 Å². The first-order chi connectivity index (χ1) is 8.13. The predicted molar refractivity (Wildman–Crippen MR) is 72.6 cm³/mol. The largest absolute Gasteiger partial charge is 0.351 e. The van der Waals surface area contributed by atoms with Gasteiger partial charge in [0.25, 0.3) is 0 Å². The number of aryl methyl sites for hydroxylation is 2. The average molecular weight is 247 g/mol. The van der Waals surface area contributed by atoms with Crippen LogP contribution in [0.15, 0.2) is 24.4 Å². The standard InChI is InChI=1S/C13H17N3S/c1-9-6-7-14-13(15-9)16-10(2)8-12-5-4-11(3)17-12/h4-7,10H,8H2,1-3H3,(H,14,15,16). The minimum absolute atomic E-state index is 0.342. The molecule has 4 heteroatoms. The van der Waals surface area contributed by atoms with Crippen molar-refractivity contribution in [3.05, 3.63) is 39.8 Å². The second kappa shape index (κ2) is 5.27. The molecule has 3 nitrogen and oxygen atoms in total. The van der Waals surface area contributed by atoms with Gasteiger partial charge in [-0.3, -0.25) is 0 Å². The highest BCUT2D eigenvalue weighted by Crippen LogP contribution is 2.17. The van der Waals surface area contributed by atoms with E-state index in [0.29, 0.717) is 12.0 Å². The second-order valence-corrected chi connectivity index (χ2v) is 5.66. The molecule has 0 aromatic carbocycles. The van der Waals surface area contributed by atoms with Gasteiger partial charge in [0.15, 0.2) is 0 Å². The maximum Gasteiger partial charge on any atom is 0.223 e. The number of aromatic nitrogens is 2. The Hall–Kier alpha value is -1.42. The van der Waals surface area contributed by atoms with E-state index in [1.807, 2.05) is 24.3 Å². The van der Waals surface area contributed by atoms with Gasteiger partial charge in [-0.25, -0.2) is 9.97 Å². The van der Waals surface area contributed by atoms with Crippen molar-refractivity contribution in [3.8, 4) is 0 Å². The van der Waals surface area contributed by atoms with Crippen molar-refractivity contribution >= 4 is 17.3 Å². The number of rotatable bonds is 4. The summed E-state index contributed by atoms with van der Waals surface area (Å²) in [5, 5.41) is 3.32. The zero-order valence-corrected chi connectivity index (χ0v) is 11.2. The monoisotopic (exact) mass is 247 g/mol. The maximum absolute atomic E-state index is 4.34. The smallest absolute Gasteiger partial charge is 0.223 e. The van der Waals surface area contributed by atoms with Gasteiger partial charge in [0.2, 0.25) is 5.95 Å². The maximum atomic E-state index is 4.34.